The fourth-order valence-corrected chi connectivity index (χ4v) is 1.97. The SMILES string of the molecule is Cc1cccc(C(C)(N)c2cncc(C)c2)c1. The highest BCUT2D eigenvalue weighted by atomic mass is 14.7. The van der Waals surface area contributed by atoms with Gasteiger partial charge in [-0.15, -0.1) is 0 Å². The minimum atomic E-state index is -0.495. The predicted molar refractivity (Wildman–Crippen MR) is 70.8 cm³/mol. The van der Waals surface area contributed by atoms with E-state index in [0.29, 0.717) is 0 Å². The normalized spacial score (nSPS) is 14.4. The fourth-order valence-electron chi connectivity index (χ4n) is 1.97. The van der Waals surface area contributed by atoms with Crippen LogP contribution < -0.4 is 5.73 Å². The molecule has 0 spiro atoms. The number of hydrogen-bond acceptors (Lipinski definition) is 2. The first-order chi connectivity index (χ1) is 8.00. The van der Waals surface area contributed by atoms with Crippen molar-refractivity contribution in [2.75, 3.05) is 0 Å². The molecule has 2 aromatic rings. The molecular weight excluding hydrogens is 208 g/mol. The summed E-state index contributed by atoms with van der Waals surface area (Å²) in [6.07, 6.45) is 3.69. The molecular formula is C15H18N2. The quantitative estimate of drug-likeness (QED) is 0.855. The second-order valence-corrected chi connectivity index (χ2v) is 4.82. The highest BCUT2D eigenvalue weighted by molar-refractivity contribution is 5.38. The third-order valence-corrected chi connectivity index (χ3v) is 3.09. The van der Waals surface area contributed by atoms with Crippen molar-refractivity contribution >= 4 is 0 Å². The van der Waals surface area contributed by atoms with Crippen LogP contribution in [0, 0.1) is 13.8 Å². The maximum absolute atomic E-state index is 6.46. The maximum Gasteiger partial charge on any atom is 0.0652 e. The van der Waals surface area contributed by atoms with Gasteiger partial charge in [0.15, 0.2) is 0 Å². The van der Waals surface area contributed by atoms with Crippen LogP contribution in [0.15, 0.2) is 42.7 Å². The van der Waals surface area contributed by atoms with E-state index < -0.39 is 5.54 Å². The predicted octanol–water partition coefficient (Wildman–Crippen LogP) is 2.92. The molecule has 88 valence electrons. The lowest BCUT2D eigenvalue weighted by molar-refractivity contribution is 0.599. The van der Waals surface area contributed by atoms with E-state index in [1.54, 1.807) is 0 Å². The minimum absolute atomic E-state index is 0.495. The molecule has 0 fully saturated rings. The molecule has 1 aromatic carbocycles. The van der Waals surface area contributed by atoms with Crippen molar-refractivity contribution in [3.8, 4) is 0 Å². The van der Waals surface area contributed by atoms with Crippen molar-refractivity contribution in [2.45, 2.75) is 26.3 Å². The van der Waals surface area contributed by atoms with E-state index in [1.165, 1.54) is 5.56 Å². The molecule has 0 aliphatic heterocycles. The summed E-state index contributed by atoms with van der Waals surface area (Å²) in [6, 6.07) is 10.4. The van der Waals surface area contributed by atoms with Crippen molar-refractivity contribution in [3.05, 3.63) is 65.0 Å². The highest BCUT2D eigenvalue weighted by Crippen LogP contribution is 2.26. The molecule has 0 amide bonds. The van der Waals surface area contributed by atoms with E-state index in [1.807, 2.05) is 32.3 Å². The molecule has 2 heteroatoms. The van der Waals surface area contributed by atoms with Crippen LogP contribution in [0.1, 0.15) is 29.2 Å². The molecule has 2 N–H and O–H groups in total. The van der Waals surface area contributed by atoms with E-state index in [9.17, 15) is 0 Å². The highest BCUT2D eigenvalue weighted by Gasteiger charge is 2.24. The lowest BCUT2D eigenvalue weighted by atomic mass is 9.85. The van der Waals surface area contributed by atoms with E-state index in [0.717, 1.165) is 16.7 Å². The summed E-state index contributed by atoms with van der Waals surface area (Å²) in [5.74, 6) is 0. The molecule has 0 saturated heterocycles. The van der Waals surface area contributed by atoms with Crippen LogP contribution in [-0.2, 0) is 5.54 Å². The second-order valence-electron chi connectivity index (χ2n) is 4.82. The number of pyridine rings is 1. The summed E-state index contributed by atoms with van der Waals surface area (Å²) in [7, 11) is 0. The number of aryl methyl sites for hydroxylation is 2. The van der Waals surface area contributed by atoms with Gasteiger partial charge in [0, 0.05) is 12.4 Å². The van der Waals surface area contributed by atoms with Crippen LogP contribution in [0.3, 0.4) is 0 Å². The monoisotopic (exact) mass is 226 g/mol. The first kappa shape index (κ1) is 11.8. The van der Waals surface area contributed by atoms with Crippen LogP contribution >= 0.6 is 0 Å². The zero-order valence-corrected chi connectivity index (χ0v) is 10.6. The first-order valence-corrected chi connectivity index (χ1v) is 5.78. The number of nitrogens with two attached hydrogens (primary N) is 1. The van der Waals surface area contributed by atoms with Gasteiger partial charge in [-0.25, -0.2) is 0 Å². The molecule has 1 heterocycles. The topological polar surface area (TPSA) is 38.9 Å². The zero-order chi connectivity index (χ0) is 12.5. The third kappa shape index (κ3) is 2.37. The van der Waals surface area contributed by atoms with Gasteiger partial charge in [-0.3, -0.25) is 4.98 Å². The number of hydrogen-bond donors (Lipinski definition) is 1. The Bertz CT molecular complexity index is 482. The number of aromatic nitrogens is 1. The smallest absolute Gasteiger partial charge is 0.0652 e. The van der Waals surface area contributed by atoms with Crippen molar-refractivity contribution < 1.29 is 0 Å². The van der Waals surface area contributed by atoms with Crippen LogP contribution in [0.2, 0.25) is 0 Å². The molecule has 0 aliphatic carbocycles. The summed E-state index contributed by atoms with van der Waals surface area (Å²) in [5, 5.41) is 0. The standard InChI is InChI=1S/C15H18N2/c1-11-5-4-6-13(7-11)15(3,16)14-8-12(2)9-17-10-14/h4-10H,16H2,1-3H3. The Morgan fingerprint density at radius 3 is 2.35 bits per heavy atom. The van der Waals surface area contributed by atoms with Gasteiger partial charge in [-0.2, -0.15) is 0 Å². The summed E-state index contributed by atoms with van der Waals surface area (Å²) >= 11 is 0. The Morgan fingerprint density at radius 1 is 1.00 bits per heavy atom. The van der Waals surface area contributed by atoms with E-state index >= 15 is 0 Å². The fraction of sp³-hybridized carbons (Fsp3) is 0.267. The number of rotatable bonds is 2. The van der Waals surface area contributed by atoms with Gasteiger partial charge in [0.25, 0.3) is 0 Å². The summed E-state index contributed by atoms with van der Waals surface area (Å²) in [5.41, 5.74) is 10.5. The average Bonchev–Trinajstić information content (AvgIpc) is 2.29. The molecule has 1 unspecified atom stereocenters. The molecule has 0 radical (unpaired) electrons. The second kappa shape index (κ2) is 4.30. The Kier molecular flexibility index (Phi) is 2.99. The molecule has 0 bridgehead atoms. The van der Waals surface area contributed by atoms with Crippen molar-refractivity contribution in [1.29, 1.82) is 0 Å². The van der Waals surface area contributed by atoms with Gasteiger partial charge in [0.1, 0.15) is 0 Å². The molecule has 17 heavy (non-hydrogen) atoms. The van der Waals surface area contributed by atoms with Crippen molar-refractivity contribution in [3.63, 3.8) is 0 Å². The maximum atomic E-state index is 6.46. The van der Waals surface area contributed by atoms with Gasteiger partial charge in [-0.05, 0) is 37.5 Å². The summed E-state index contributed by atoms with van der Waals surface area (Å²) in [4.78, 5) is 4.22. The van der Waals surface area contributed by atoms with Crippen LogP contribution in [0.25, 0.3) is 0 Å². The molecule has 2 rings (SSSR count). The van der Waals surface area contributed by atoms with E-state index in [2.05, 4.69) is 36.2 Å². The number of nitrogens with zero attached hydrogens (tertiary/aromatic N) is 1. The Morgan fingerprint density at radius 2 is 1.71 bits per heavy atom. The molecule has 0 aliphatic rings. The molecule has 0 saturated carbocycles. The first-order valence-electron chi connectivity index (χ1n) is 5.78. The van der Waals surface area contributed by atoms with Gasteiger partial charge in [0.05, 0.1) is 5.54 Å². The Hall–Kier alpha value is -1.67. The van der Waals surface area contributed by atoms with Crippen LogP contribution in [0.5, 0.6) is 0 Å². The van der Waals surface area contributed by atoms with Gasteiger partial charge in [-0.1, -0.05) is 35.9 Å². The van der Waals surface area contributed by atoms with E-state index in [-0.39, 0.29) is 0 Å². The van der Waals surface area contributed by atoms with Crippen molar-refractivity contribution in [2.24, 2.45) is 5.73 Å². The zero-order valence-electron chi connectivity index (χ0n) is 10.6. The minimum Gasteiger partial charge on any atom is -0.318 e. The Balaban J connectivity index is 2.49. The largest absolute Gasteiger partial charge is 0.318 e. The molecule has 1 atom stereocenters. The van der Waals surface area contributed by atoms with Crippen LogP contribution in [-0.4, -0.2) is 4.98 Å². The van der Waals surface area contributed by atoms with Gasteiger partial charge in [0.2, 0.25) is 0 Å². The van der Waals surface area contributed by atoms with Crippen molar-refractivity contribution in [1.82, 2.24) is 4.98 Å². The average molecular weight is 226 g/mol. The summed E-state index contributed by atoms with van der Waals surface area (Å²) < 4.78 is 0. The molecule has 2 nitrogen and oxygen atoms in total. The number of benzene rings is 1. The van der Waals surface area contributed by atoms with Crippen LogP contribution in [0.4, 0.5) is 0 Å². The lowest BCUT2D eigenvalue weighted by Gasteiger charge is -2.26. The lowest BCUT2D eigenvalue weighted by Crippen LogP contribution is -2.34. The Labute approximate surface area is 103 Å². The van der Waals surface area contributed by atoms with Gasteiger partial charge >= 0.3 is 0 Å². The summed E-state index contributed by atoms with van der Waals surface area (Å²) in [6.45, 7) is 6.13. The third-order valence-electron chi connectivity index (χ3n) is 3.09. The molecule has 1 aromatic heterocycles. The van der Waals surface area contributed by atoms with E-state index in [4.69, 9.17) is 5.73 Å². The van der Waals surface area contributed by atoms with Gasteiger partial charge < -0.3 is 5.73 Å².